The van der Waals surface area contributed by atoms with E-state index in [9.17, 15) is 26.3 Å². The Balaban J connectivity index is 2.46. The molecule has 2 aromatic heterocycles. The zero-order chi connectivity index (χ0) is 18.9. The summed E-state index contributed by atoms with van der Waals surface area (Å²) in [4.78, 5) is 0.401. The molecule has 1 aliphatic rings. The lowest BCUT2D eigenvalue weighted by Gasteiger charge is -2.25. The quantitative estimate of drug-likeness (QED) is 0.395. The lowest BCUT2D eigenvalue weighted by molar-refractivity contribution is -0.254. The van der Waals surface area contributed by atoms with Crippen molar-refractivity contribution < 1.29 is 26.3 Å². The standard InChI is InChI=1S/C15H8BBrF6S2/c1-5-7(3-9(16)24-5)11-12(8-4-10(17)25-6(8)2)14(20,21)15(22,23)13(11,18)19/h3-4H,1-2H3. The lowest BCUT2D eigenvalue weighted by atomic mass is 9.94. The molecule has 0 N–H and O–H groups in total. The minimum atomic E-state index is -5.55. The number of hydrogen-bond donors (Lipinski definition) is 0. The minimum Gasteiger partial charge on any atom is -0.194 e. The lowest BCUT2D eigenvalue weighted by Crippen LogP contribution is -2.48. The van der Waals surface area contributed by atoms with Crippen molar-refractivity contribution in [3.63, 3.8) is 0 Å². The van der Waals surface area contributed by atoms with Crippen LogP contribution in [0.25, 0.3) is 11.1 Å². The van der Waals surface area contributed by atoms with Gasteiger partial charge in [0.2, 0.25) is 0 Å². The summed E-state index contributed by atoms with van der Waals surface area (Å²) in [6, 6.07) is 2.20. The molecular formula is C15H8BBrF6S2. The SMILES string of the molecule is [B]c1cc(C2=C(c3cc(Br)sc3C)C(F)(F)C(F)(F)C2(F)F)c(C)s1. The summed E-state index contributed by atoms with van der Waals surface area (Å²) in [7, 11) is 5.56. The van der Waals surface area contributed by atoms with E-state index >= 15 is 0 Å². The number of alkyl halides is 6. The molecule has 2 heterocycles. The fourth-order valence-electron chi connectivity index (χ4n) is 2.88. The normalized spacial score (nSPS) is 21.2. The van der Waals surface area contributed by atoms with Crippen LogP contribution in [0.5, 0.6) is 0 Å². The molecule has 0 atom stereocenters. The van der Waals surface area contributed by atoms with Gasteiger partial charge in [-0.1, -0.05) is 6.07 Å². The van der Waals surface area contributed by atoms with Gasteiger partial charge in [-0.25, -0.2) is 0 Å². The van der Waals surface area contributed by atoms with Crippen LogP contribution >= 0.6 is 38.6 Å². The number of aryl methyl sites for hydroxylation is 2. The number of rotatable bonds is 2. The second-order valence-corrected chi connectivity index (χ2v) is 9.54. The van der Waals surface area contributed by atoms with Crippen LogP contribution in [0.1, 0.15) is 20.9 Å². The van der Waals surface area contributed by atoms with Gasteiger partial charge in [-0.15, -0.1) is 11.3 Å². The highest BCUT2D eigenvalue weighted by atomic mass is 79.9. The van der Waals surface area contributed by atoms with Gasteiger partial charge in [0.15, 0.2) is 0 Å². The fourth-order valence-corrected chi connectivity index (χ4v) is 5.38. The van der Waals surface area contributed by atoms with Crippen LogP contribution in [0.4, 0.5) is 26.3 Å². The van der Waals surface area contributed by atoms with Crippen molar-refractivity contribution in [2.45, 2.75) is 31.6 Å². The molecule has 0 nitrogen and oxygen atoms in total. The first-order valence-corrected chi connectivity index (χ1v) is 9.26. The minimum absolute atomic E-state index is 0.0805. The molecular weight excluding hydrogens is 449 g/mol. The maximum Gasteiger partial charge on any atom is 0.380 e. The van der Waals surface area contributed by atoms with Crippen molar-refractivity contribution in [2.75, 3.05) is 0 Å². The van der Waals surface area contributed by atoms with Gasteiger partial charge < -0.3 is 0 Å². The van der Waals surface area contributed by atoms with Gasteiger partial charge in [0.1, 0.15) is 7.85 Å². The highest BCUT2D eigenvalue weighted by Crippen LogP contribution is 2.65. The Morgan fingerprint density at radius 1 is 0.840 bits per heavy atom. The largest absolute Gasteiger partial charge is 0.380 e. The summed E-state index contributed by atoms with van der Waals surface area (Å²) in [5.41, 5.74) is -3.40. The number of hydrogen-bond acceptors (Lipinski definition) is 2. The zero-order valence-electron chi connectivity index (χ0n) is 12.7. The monoisotopic (exact) mass is 456 g/mol. The Labute approximate surface area is 157 Å². The van der Waals surface area contributed by atoms with E-state index in [1.807, 2.05) is 0 Å². The first-order chi connectivity index (χ1) is 11.3. The molecule has 0 spiro atoms. The van der Waals surface area contributed by atoms with Gasteiger partial charge in [-0.05, 0) is 51.7 Å². The Hall–Kier alpha value is -0.735. The third-order valence-corrected chi connectivity index (χ3v) is 6.46. The third-order valence-electron chi connectivity index (χ3n) is 4.03. The molecule has 2 aromatic rings. The molecule has 0 saturated heterocycles. The Morgan fingerprint density at radius 3 is 1.64 bits per heavy atom. The van der Waals surface area contributed by atoms with E-state index in [-0.39, 0.29) is 25.7 Å². The van der Waals surface area contributed by atoms with E-state index in [1.165, 1.54) is 13.8 Å². The van der Waals surface area contributed by atoms with E-state index in [2.05, 4.69) is 15.9 Å². The van der Waals surface area contributed by atoms with Gasteiger partial charge in [0, 0.05) is 20.9 Å². The van der Waals surface area contributed by atoms with Crippen LogP contribution in [-0.2, 0) is 0 Å². The summed E-state index contributed by atoms with van der Waals surface area (Å²) in [5.74, 6) is -15.6. The molecule has 2 radical (unpaired) electrons. The van der Waals surface area contributed by atoms with Crippen molar-refractivity contribution in [1.29, 1.82) is 0 Å². The topological polar surface area (TPSA) is 0 Å². The van der Waals surface area contributed by atoms with Gasteiger partial charge in [-0.2, -0.15) is 37.7 Å². The maximum absolute atomic E-state index is 14.5. The third kappa shape index (κ3) is 2.47. The van der Waals surface area contributed by atoms with Crippen molar-refractivity contribution in [3.05, 3.63) is 36.8 Å². The summed E-state index contributed by atoms with van der Waals surface area (Å²) in [5, 5.41) is 0. The van der Waals surface area contributed by atoms with Gasteiger partial charge in [0.05, 0.1) is 3.79 Å². The molecule has 0 aromatic carbocycles. The van der Waals surface area contributed by atoms with E-state index < -0.39 is 28.9 Å². The van der Waals surface area contributed by atoms with Gasteiger partial charge in [-0.3, -0.25) is 0 Å². The highest BCUT2D eigenvalue weighted by molar-refractivity contribution is 9.11. The Kier molecular flexibility index (Phi) is 4.29. The molecule has 0 fully saturated rings. The van der Waals surface area contributed by atoms with E-state index in [1.54, 1.807) is 0 Å². The molecule has 0 bridgehead atoms. The Bertz CT molecular complexity index is 826. The van der Waals surface area contributed by atoms with E-state index in [0.29, 0.717) is 3.79 Å². The van der Waals surface area contributed by atoms with Crippen LogP contribution < -0.4 is 4.78 Å². The number of thiophene rings is 2. The fraction of sp³-hybridized carbons (Fsp3) is 0.333. The first kappa shape index (κ1) is 19.0. The second kappa shape index (κ2) is 5.63. The average molecular weight is 457 g/mol. The summed E-state index contributed by atoms with van der Waals surface area (Å²) >= 11 is 4.96. The smallest absolute Gasteiger partial charge is 0.194 e. The predicted octanol–water partition coefficient (Wildman–Crippen LogP) is 5.81. The molecule has 0 amide bonds. The van der Waals surface area contributed by atoms with Crippen LogP contribution in [0.3, 0.4) is 0 Å². The number of allylic oxidation sites excluding steroid dienone is 2. The van der Waals surface area contributed by atoms with Gasteiger partial charge >= 0.3 is 17.8 Å². The summed E-state index contributed by atoms with van der Waals surface area (Å²) in [6.45, 7) is 2.79. The van der Waals surface area contributed by atoms with E-state index in [0.717, 1.165) is 34.8 Å². The van der Waals surface area contributed by atoms with Crippen molar-refractivity contribution in [1.82, 2.24) is 0 Å². The van der Waals surface area contributed by atoms with Crippen molar-refractivity contribution in [3.8, 4) is 0 Å². The van der Waals surface area contributed by atoms with Crippen LogP contribution in [0.2, 0.25) is 0 Å². The highest BCUT2D eigenvalue weighted by Gasteiger charge is 2.80. The molecule has 0 unspecified atom stereocenters. The van der Waals surface area contributed by atoms with Gasteiger partial charge in [0.25, 0.3) is 0 Å². The second-order valence-electron chi connectivity index (χ2n) is 5.61. The average Bonchev–Trinajstić information content (AvgIpc) is 2.98. The molecule has 3 rings (SSSR count). The Morgan fingerprint density at radius 2 is 1.28 bits per heavy atom. The van der Waals surface area contributed by atoms with Crippen molar-refractivity contribution in [2.24, 2.45) is 0 Å². The van der Waals surface area contributed by atoms with Crippen molar-refractivity contribution >= 4 is 62.4 Å². The number of halogens is 7. The zero-order valence-corrected chi connectivity index (χ0v) is 15.9. The molecule has 132 valence electrons. The first-order valence-electron chi connectivity index (χ1n) is 6.83. The van der Waals surface area contributed by atoms with Crippen LogP contribution in [0, 0.1) is 13.8 Å². The van der Waals surface area contributed by atoms with Crippen LogP contribution in [0.15, 0.2) is 15.9 Å². The summed E-state index contributed by atoms with van der Waals surface area (Å²) < 4.78 is 86.6. The maximum atomic E-state index is 14.5. The van der Waals surface area contributed by atoms with E-state index in [4.69, 9.17) is 7.85 Å². The molecule has 0 saturated carbocycles. The summed E-state index contributed by atoms with van der Waals surface area (Å²) in [6.07, 6.45) is 0. The predicted molar refractivity (Wildman–Crippen MR) is 92.9 cm³/mol. The van der Waals surface area contributed by atoms with Crippen LogP contribution in [-0.4, -0.2) is 25.6 Å². The molecule has 1 aliphatic carbocycles. The molecule has 10 heteroatoms. The molecule has 25 heavy (non-hydrogen) atoms. The molecule has 0 aliphatic heterocycles.